The lowest BCUT2D eigenvalue weighted by Crippen LogP contribution is -2.35. The maximum Gasteiger partial charge on any atom is 0.128 e. The fraction of sp³-hybridized carbons (Fsp3) is 0.625. The van der Waals surface area contributed by atoms with E-state index in [-0.39, 0.29) is 23.1 Å². The van der Waals surface area contributed by atoms with Gasteiger partial charge < -0.3 is 5.32 Å². The molecular weight excluding hydrogens is 244 g/mol. The van der Waals surface area contributed by atoms with Crippen molar-refractivity contribution in [1.29, 1.82) is 0 Å². The van der Waals surface area contributed by atoms with Crippen molar-refractivity contribution in [3.63, 3.8) is 0 Å². The van der Waals surface area contributed by atoms with Crippen LogP contribution >= 0.6 is 0 Å². The van der Waals surface area contributed by atoms with Crippen LogP contribution in [-0.2, 0) is 0 Å². The third-order valence-electron chi connectivity index (χ3n) is 3.88. The van der Waals surface area contributed by atoms with Gasteiger partial charge in [0.25, 0.3) is 0 Å². The molecule has 0 amide bonds. The molecule has 3 heteroatoms. The van der Waals surface area contributed by atoms with Crippen molar-refractivity contribution in [1.82, 2.24) is 5.32 Å². The van der Waals surface area contributed by atoms with Crippen LogP contribution in [0, 0.1) is 24.0 Å². The van der Waals surface area contributed by atoms with Crippen LogP contribution in [0.15, 0.2) is 12.1 Å². The predicted molar refractivity (Wildman–Crippen MR) is 76.2 cm³/mol. The first-order valence-corrected chi connectivity index (χ1v) is 7.02. The second-order valence-electron chi connectivity index (χ2n) is 5.85. The van der Waals surface area contributed by atoms with Gasteiger partial charge in [0.2, 0.25) is 0 Å². The van der Waals surface area contributed by atoms with Gasteiger partial charge in [-0.3, -0.25) is 0 Å². The van der Waals surface area contributed by atoms with Crippen LogP contribution < -0.4 is 5.32 Å². The van der Waals surface area contributed by atoms with Crippen molar-refractivity contribution in [2.24, 2.45) is 5.41 Å². The number of benzene rings is 1. The van der Waals surface area contributed by atoms with Gasteiger partial charge in [0.05, 0.1) is 0 Å². The molecule has 1 N–H and O–H groups in total. The highest BCUT2D eigenvalue weighted by atomic mass is 19.1. The third kappa shape index (κ3) is 3.75. The second-order valence-corrected chi connectivity index (χ2v) is 5.85. The fourth-order valence-corrected chi connectivity index (χ4v) is 2.18. The molecule has 19 heavy (non-hydrogen) atoms. The number of aryl methyl sites for hydroxylation is 1. The lowest BCUT2D eigenvalue weighted by Gasteiger charge is -2.35. The Morgan fingerprint density at radius 1 is 1.16 bits per heavy atom. The minimum atomic E-state index is -0.341. The predicted octanol–water partition coefficient (Wildman–Crippen LogP) is 4.75. The first-order chi connectivity index (χ1) is 8.83. The maximum atomic E-state index is 14.2. The van der Waals surface area contributed by atoms with Gasteiger partial charge in [-0.25, -0.2) is 8.78 Å². The molecule has 0 saturated heterocycles. The number of rotatable bonds is 6. The zero-order valence-corrected chi connectivity index (χ0v) is 12.6. The van der Waals surface area contributed by atoms with E-state index in [1.54, 1.807) is 6.92 Å². The van der Waals surface area contributed by atoms with Crippen molar-refractivity contribution in [2.45, 2.75) is 53.5 Å². The molecule has 108 valence electrons. The van der Waals surface area contributed by atoms with E-state index >= 15 is 0 Å². The number of halogens is 2. The van der Waals surface area contributed by atoms with Crippen LogP contribution in [0.2, 0.25) is 0 Å². The summed E-state index contributed by atoms with van der Waals surface area (Å²) in [5, 5.41) is 3.36. The second kappa shape index (κ2) is 6.47. The number of hydrogen-bond acceptors (Lipinski definition) is 1. The molecule has 0 aliphatic carbocycles. The minimum Gasteiger partial charge on any atom is -0.309 e. The Hall–Kier alpha value is -0.960. The van der Waals surface area contributed by atoms with Gasteiger partial charge in [0.1, 0.15) is 11.6 Å². The van der Waals surface area contributed by atoms with E-state index in [1.165, 1.54) is 12.1 Å². The van der Waals surface area contributed by atoms with Crippen LogP contribution in [0.25, 0.3) is 0 Å². The van der Waals surface area contributed by atoms with Crippen LogP contribution in [-0.4, -0.2) is 6.54 Å². The van der Waals surface area contributed by atoms with E-state index in [9.17, 15) is 8.78 Å². The van der Waals surface area contributed by atoms with Gasteiger partial charge in [0.15, 0.2) is 0 Å². The van der Waals surface area contributed by atoms with Crippen molar-refractivity contribution >= 4 is 0 Å². The van der Waals surface area contributed by atoms with E-state index < -0.39 is 0 Å². The topological polar surface area (TPSA) is 12.0 Å². The molecule has 0 aliphatic rings. The average Bonchev–Trinajstić information content (AvgIpc) is 2.35. The molecule has 1 aromatic rings. The largest absolute Gasteiger partial charge is 0.309 e. The Morgan fingerprint density at radius 2 is 1.79 bits per heavy atom. The Bertz CT molecular complexity index is 427. The van der Waals surface area contributed by atoms with Crippen LogP contribution in [0.1, 0.15) is 57.7 Å². The Balaban J connectivity index is 3.21. The molecule has 1 nitrogen and oxygen atoms in total. The van der Waals surface area contributed by atoms with Crippen LogP contribution in [0.5, 0.6) is 0 Å². The first-order valence-electron chi connectivity index (χ1n) is 7.02. The quantitative estimate of drug-likeness (QED) is 0.785. The first kappa shape index (κ1) is 16.1. The van der Waals surface area contributed by atoms with Gasteiger partial charge in [-0.2, -0.15) is 0 Å². The molecule has 0 spiro atoms. The molecular formula is C16H25F2N. The summed E-state index contributed by atoms with van der Waals surface area (Å²) in [6, 6.07) is 2.46. The zero-order chi connectivity index (χ0) is 14.6. The molecule has 0 fully saturated rings. The molecule has 0 aliphatic heterocycles. The van der Waals surface area contributed by atoms with Gasteiger partial charge in [-0.15, -0.1) is 0 Å². The number of hydrogen-bond donors (Lipinski definition) is 1. The van der Waals surface area contributed by atoms with Crippen molar-refractivity contribution in [2.75, 3.05) is 6.54 Å². The fourth-order valence-electron chi connectivity index (χ4n) is 2.18. The molecule has 0 heterocycles. The molecule has 0 saturated carbocycles. The molecule has 0 radical (unpaired) electrons. The lowest BCUT2D eigenvalue weighted by atomic mass is 9.78. The van der Waals surface area contributed by atoms with Crippen molar-refractivity contribution < 1.29 is 8.78 Å². The van der Waals surface area contributed by atoms with Crippen molar-refractivity contribution in [3.8, 4) is 0 Å². The van der Waals surface area contributed by atoms with E-state index in [2.05, 4.69) is 33.0 Å². The van der Waals surface area contributed by atoms with Gasteiger partial charge in [-0.1, -0.05) is 27.7 Å². The summed E-state index contributed by atoms with van der Waals surface area (Å²) >= 11 is 0. The Morgan fingerprint density at radius 3 is 2.32 bits per heavy atom. The average molecular weight is 269 g/mol. The summed E-state index contributed by atoms with van der Waals surface area (Å²) in [6.07, 6.45) is 1.86. The van der Waals surface area contributed by atoms with Crippen LogP contribution in [0.4, 0.5) is 8.78 Å². The van der Waals surface area contributed by atoms with Gasteiger partial charge >= 0.3 is 0 Å². The SMILES string of the molecule is CCCNC(c1cc(F)c(C)cc1F)C(C)(C)CC. The third-order valence-corrected chi connectivity index (χ3v) is 3.88. The van der Waals surface area contributed by atoms with E-state index in [4.69, 9.17) is 0 Å². The molecule has 1 unspecified atom stereocenters. The normalized spacial score (nSPS) is 13.6. The van der Waals surface area contributed by atoms with Gasteiger partial charge in [0, 0.05) is 11.6 Å². The standard InChI is InChI=1S/C16H25F2N/c1-6-8-19-15(16(4,5)7-2)12-10-13(17)11(3)9-14(12)18/h9-10,15,19H,6-8H2,1-5H3. The van der Waals surface area contributed by atoms with E-state index in [1.807, 2.05) is 0 Å². The minimum absolute atomic E-state index is 0.127. The van der Waals surface area contributed by atoms with E-state index in [0.29, 0.717) is 11.1 Å². The maximum absolute atomic E-state index is 14.2. The molecule has 0 aromatic heterocycles. The highest BCUT2D eigenvalue weighted by molar-refractivity contribution is 5.29. The lowest BCUT2D eigenvalue weighted by molar-refractivity contribution is 0.229. The summed E-state index contributed by atoms with van der Waals surface area (Å²) in [5.74, 6) is -0.666. The van der Waals surface area contributed by atoms with Gasteiger partial charge in [-0.05, 0) is 49.4 Å². The summed E-state index contributed by atoms with van der Waals surface area (Å²) in [4.78, 5) is 0. The highest BCUT2D eigenvalue weighted by Crippen LogP contribution is 2.37. The molecule has 1 aromatic carbocycles. The number of nitrogens with one attached hydrogen (secondary N) is 1. The zero-order valence-electron chi connectivity index (χ0n) is 12.6. The highest BCUT2D eigenvalue weighted by Gasteiger charge is 2.31. The summed E-state index contributed by atoms with van der Waals surface area (Å²) in [6.45, 7) is 10.7. The Kier molecular flexibility index (Phi) is 5.48. The summed E-state index contributed by atoms with van der Waals surface area (Å²) in [5.41, 5.74) is 0.658. The Labute approximate surface area is 115 Å². The monoisotopic (exact) mass is 269 g/mol. The van der Waals surface area contributed by atoms with Crippen LogP contribution in [0.3, 0.4) is 0 Å². The summed E-state index contributed by atoms with van der Waals surface area (Å²) < 4.78 is 27.9. The molecule has 1 atom stereocenters. The molecule has 1 rings (SSSR count). The molecule has 0 bridgehead atoms. The van der Waals surface area contributed by atoms with E-state index in [0.717, 1.165) is 19.4 Å². The van der Waals surface area contributed by atoms with Crippen molar-refractivity contribution in [3.05, 3.63) is 34.9 Å². The summed E-state index contributed by atoms with van der Waals surface area (Å²) in [7, 11) is 0. The smallest absolute Gasteiger partial charge is 0.128 e.